The maximum atomic E-state index is 12.2. The van der Waals surface area contributed by atoms with Gasteiger partial charge in [-0.15, -0.1) is 0 Å². The molecule has 1 aromatic carbocycles. The number of likely N-dealkylation sites (N-methyl/N-ethyl adjacent to an activating group) is 1. The van der Waals surface area contributed by atoms with Crippen LogP contribution in [0.25, 0.3) is 0 Å². The maximum absolute atomic E-state index is 12.2. The molecule has 1 aromatic rings. The Labute approximate surface area is 126 Å². The lowest BCUT2D eigenvalue weighted by Gasteiger charge is -2.30. The summed E-state index contributed by atoms with van der Waals surface area (Å²) in [7, 11) is 1.67. The van der Waals surface area contributed by atoms with Gasteiger partial charge in [0.2, 0.25) is 0 Å². The minimum atomic E-state index is -0.0447. The summed E-state index contributed by atoms with van der Waals surface area (Å²) in [5.74, 6) is -0.0447. The van der Waals surface area contributed by atoms with Gasteiger partial charge in [-0.25, -0.2) is 0 Å². The van der Waals surface area contributed by atoms with E-state index in [1.54, 1.807) is 7.05 Å². The first-order valence-electron chi connectivity index (χ1n) is 7.13. The number of nitrogens with zero attached hydrogens (tertiary/aromatic N) is 1. The predicted molar refractivity (Wildman–Crippen MR) is 86.3 cm³/mol. The highest BCUT2D eigenvalue weighted by Gasteiger charge is 2.23. The van der Waals surface area contributed by atoms with Crippen molar-refractivity contribution in [1.29, 1.82) is 0 Å². The Bertz CT molecular complexity index is 620. The van der Waals surface area contributed by atoms with Crippen LogP contribution in [0.1, 0.15) is 26.3 Å². The van der Waals surface area contributed by atoms with Crippen molar-refractivity contribution in [2.24, 2.45) is 0 Å². The van der Waals surface area contributed by atoms with E-state index in [1.165, 1.54) is 5.56 Å². The molecule has 3 heteroatoms. The first-order valence-corrected chi connectivity index (χ1v) is 7.13. The molecule has 110 valence electrons. The highest BCUT2D eigenvalue weighted by Crippen LogP contribution is 2.28. The lowest BCUT2D eigenvalue weighted by molar-refractivity contribution is -0.116. The third-order valence-corrected chi connectivity index (χ3v) is 3.41. The molecule has 0 saturated carbocycles. The maximum Gasteiger partial charge on any atom is 0.253 e. The molecule has 0 radical (unpaired) electrons. The summed E-state index contributed by atoms with van der Waals surface area (Å²) < 4.78 is 0. The Morgan fingerprint density at radius 3 is 2.43 bits per heavy atom. The second-order valence-corrected chi connectivity index (χ2v) is 5.47. The Morgan fingerprint density at radius 1 is 1.19 bits per heavy atom. The fourth-order valence-electron chi connectivity index (χ4n) is 2.57. The van der Waals surface area contributed by atoms with E-state index in [4.69, 9.17) is 0 Å². The molecule has 0 aliphatic carbocycles. The molecule has 21 heavy (non-hydrogen) atoms. The quantitative estimate of drug-likeness (QED) is 0.922. The average molecular weight is 282 g/mol. The zero-order valence-corrected chi connectivity index (χ0v) is 13.1. The number of carbonyl (C=O) groups is 1. The van der Waals surface area contributed by atoms with Crippen molar-refractivity contribution in [3.8, 4) is 0 Å². The molecule has 0 spiro atoms. The van der Waals surface area contributed by atoms with Gasteiger partial charge in [-0.05, 0) is 38.0 Å². The van der Waals surface area contributed by atoms with E-state index in [-0.39, 0.29) is 5.91 Å². The molecule has 0 aromatic heterocycles. The predicted octanol–water partition coefficient (Wildman–Crippen LogP) is 3.37. The van der Waals surface area contributed by atoms with Gasteiger partial charge >= 0.3 is 0 Å². The number of benzene rings is 1. The number of amides is 1. The molecule has 0 unspecified atom stereocenters. The van der Waals surface area contributed by atoms with E-state index in [0.717, 1.165) is 29.0 Å². The molecule has 2 rings (SSSR count). The number of hydrogen-bond acceptors (Lipinski definition) is 2. The van der Waals surface area contributed by atoms with Crippen LogP contribution in [-0.2, 0) is 11.3 Å². The monoisotopic (exact) mass is 282 g/mol. The van der Waals surface area contributed by atoms with Crippen LogP contribution >= 0.6 is 0 Å². The van der Waals surface area contributed by atoms with Crippen molar-refractivity contribution in [3.63, 3.8) is 0 Å². The molecule has 1 heterocycles. The van der Waals surface area contributed by atoms with Gasteiger partial charge in [0.05, 0.1) is 11.3 Å². The number of allylic oxidation sites excluding steroid dienone is 3. The van der Waals surface area contributed by atoms with Gasteiger partial charge in [0, 0.05) is 19.8 Å². The van der Waals surface area contributed by atoms with Gasteiger partial charge in [0.25, 0.3) is 5.91 Å². The molecule has 0 atom stereocenters. The Hall–Kier alpha value is -2.29. The molecule has 3 nitrogen and oxygen atoms in total. The van der Waals surface area contributed by atoms with Crippen LogP contribution in [0.5, 0.6) is 0 Å². The van der Waals surface area contributed by atoms with Crippen molar-refractivity contribution >= 4 is 5.91 Å². The van der Waals surface area contributed by atoms with Crippen molar-refractivity contribution in [2.75, 3.05) is 7.05 Å². The second kappa shape index (κ2) is 6.44. The van der Waals surface area contributed by atoms with E-state index >= 15 is 0 Å². The fraction of sp³-hybridized carbons (Fsp3) is 0.278. The molecule has 1 aliphatic rings. The highest BCUT2D eigenvalue weighted by atomic mass is 16.1. The smallest absolute Gasteiger partial charge is 0.253 e. The lowest BCUT2D eigenvalue weighted by atomic mass is 9.99. The summed E-state index contributed by atoms with van der Waals surface area (Å²) in [6, 6.07) is 10.3. The van der Waals surface area contributed by atoms with Crippen LogP contribution in [0, 0.1) is 0 Å². The van der Waals surface area contributed by atoms with Crippen LogP contribution in [0.2, 0.25) is 0 Å². The standard InChI is InChI=1S/C18H22N2O/c1-13(2)17-16(18(21)19-4)10-14(3)11-20(17)12-15-8-6-5-7-9-15/h5-11H,12H2,1-4H3,(H,19,21). The van der Waals surface area contributed by atoms with E-state index in [9.17, 15) is 4.79 Å². The van der Waals surface area contributed by atoms with Crippen LogP contribution in [0.3, 0.4) is 0 Å². The van der Waals surface area contributed by atoms with E-state index in [2.05, 4.69) is 28.5 Å². The average Bonchev–Trinajstić information content (AvgIpc) is 2.46. The Kier molecular flexibility index (Phi) is 4.63. The SMILES string of the molecule is CNC(=O)C1=CC(C)=CN(Cc2ccccc2)C1=C(C)C. The van der Waals surface area contributed by atoms with Gasteiger partial charge in [-0.3, -0.25) is 4.79 Å². The topological polar surface area (TPSA) is 32.3 Å². The summed E-state index contributed by atoms with van der Waals surface area (Å²) in [5, 5.41) is 2.73. The van der Waals surface area contributed by atoms with Crippen LogP contribution in [-0.4, -0.2) is 17.9 Å². The summed E-state index contributed by atoms with van der Waals surface area (Å²) >= 11 is 0. The molecule has 1 amide bonds. The first-order chi connectivity index (χ1) is 10.0. The van der Waals surface area contributed by atoms with Gasteiger partial charge in [-0.2, -0.15) is 0 Å². The van der Waals surface area contributed by atoms with Crippen molar-refractivity contribution in [3.05, 3.63) is 70.6 Å². The Balaban J connectivity index is 2.39. The zero-order valence-electron chi connectivity index (χ0n) is 13.1. The molecule has 0 bridgehead atoms. The van der Waals surface area contributed by atoms with Crippen molar-refractivity contribution < 1.29 is 4.79 Å². The van der Waals surface area contributed by atoms with Gasteiger partial charge < -0.3 is 10.2 Å². The van der Waals surface area contributed by atoms with E-state index < -0.39 is 0 Å². The zero-order chi connectivity index (χ0) is 15.4. The lowest BCUT2D eigenvalue weighted by Crippen LogP contribution is -2.30. The second-order valence-electron chi connectivity index (χ2n) is 5.47. The van der Waals surface area contributed by atoms with Crippen LogP contribution in [0.4, 0.5) is 0 Å². The number of rotatable bonds is 3. The first kappa shape index (κ1) is 15.1. The normalized spacial score (nSPS) is 14.5. The highest BCUT2D eigenvalue weighted by molar-refractivity contribution is 5.98. The number of hydrogen-bond donors (Lipinski definition) is 1. The van der Waals surface area contributed by atoms with E-state index in [0.29, 0.717) is 0 Å². The molecular weight excluding hydrogens is 260 g/mol. The minimum absolute atomic E-state index is 0.0447. The van der Waals surface area contributed by atoms with Gasteiger partial charge in [-0.1, -0.05) is 35.9 Å². The summed E-state index contributed by atoms with van der Waals surface area (Å²) in [6.45, 7) is 6.85. The fourth-order valence-corrected chi connectivity index (χ4v) is 2.57. The summed E-state index contributed by atoms with van der Waals surface area (Å²) in [6.07, 6.45) is 4.05. The third-order valence-electron chi connectivity index (χ3n) is 3.41. The largest absolute Gasteiger partial charge is 0.355 e. The minimum Gasteiger partial charge on any atom is -0.355 e. The molecule has 0 saturated heterocycles. The van der Waals surface area contributed by atoms with Crippen molar-refractivity contribution in [2.45, 2.75) is 27.3 Å². The molecule has 0 fully saturated rings. The van der Waals surface area contributed by atoms with E-state index in [1.807, 2.05) is 45.0 Å². The molecule has 1 aliphatic heterocycles. The van der Waals surface area contributed by atoms with Crippen molar-refractivity contribution in [1.82, 2.24) is 10.2 Å². The van der Waals surface area contributed by atoms with Gasteiger partial charge in [0.15, 0.2) is 0 Å². The third kappa shape index (κ3) is 3.43. The Morgan fingerprint density at radius 2 is 1.86 bits per heavy atom. The summed E-state index contributed by atoms with van der Waals surface area (Å²) in [5.41, 5.74) is 5.15. The van der Waals surface area contributed by atoms with Crippen LogP contribution < -0.4 is 5.32 Å². The van der Waals surface area contributed by atoms with Gasteiger partial charge in [0.1, 0.15) is 0 Å². The molecule has 1 N–H and O–H groups in total. The number of nitrogens with one attached hydrogen (secondary N) is 1. The molecular formula is C18H22N2O. The summed E-state index contributed by atoms with van der Waals surface area (Å²) in [4.78, 5) is 14.3. The van der Waals surface area contributed by atoms with Crippen LogP contribution in [0.15, 0.2) is 65.0 Å². The number of carbonyl (C=O) groups excluding carboxylic acids is 1.